The Bertz CT molecular complexity index is 584. The number of nitrogens with zero attached hydrogens (tertiary/aromatic N) is 4. The monoisotopic (exact) mass is 519 g/mol. The first-order valence-electron chi connectivity index (χ1n) is 11.2. The maximum atomic E-state index is 12.5. The molecule has 2 aliphatic carbocycles. The molecule has 0 aromatic carbocycles. The maximum absolute atomic E-state index is 12.5. The van der Waals surface area contributed by atoms with Crippen molar-refractivity contribution >= 4 is 35.8 Å². The molecule has 7 nitrogen and oxygen atoms in total. The molecule has 29 heavy (non-hydrogen) atoms. The SMILES string of the molecule is CN=C(NCC1(N2CCC(OC)CC2)CCCC1)N1CCN(C2CC2)C(=O)C1.I. The number of rotatable bonds is 5. The minimum Gasteiger partial charge on any atom is -0.381 e. The zero-order valence-corrected chi connectivity index (χ0v) is 20.4. The number of hydrogen-bond donors (Lipinski definition) is 1. The molecule has 0 spiro atoms. The van der Waals surface area contributed by atoms with Crippen LogP contribution in [0.5, 0.6) is 0 Å². The number of guanidine groups is 1. The van der Waals surface area contributed by atoms with E-state index in [4.69, 9.17) is 4.74 Å². The minimum atomic E-state index is 0. The Balaban J connectivity index is 0.00000240. The van der Waals surface area contributed by atoms with Gasteiger partial charge in [0.05, 0.1) is 12.6 Å². The molecule has 1 amide bonds. The topological polar surface area (TPSA) is 60.4 Å². The van der Waals surface area contributed by atoms with Gasteiger partial charge in [-0.1, -0.05) is 12.8 Å². The quantitative estimate of drug-likeness (QED) is 0.342. The third kappa shape index (κ3) is 5.18. The number of carbonyl (C=O) groups is 1. The van der Waals surface area contributed by atoms with Gasteiger partial charge in [0.1, 0.15) is 0 Å². The van der Waals surface area contributed by atoms with E-state index in [9.17, 15) is 4.79 Å². The summed E-state index contributed by atoms with van der Waals surface area (Å²) in [4.78, 5) is 23.9. The number of aliphatic imine (C=N–C) groups is 1. The highest BCUT2D eigenvalue weighted by molar-refractivity contribution is 14.0. The lowest BCUT2D eigenvalue weighted by atomic mass is 9.91. The smallest absolute Gasteiger partial charge is 0.242 e. The number of likely N-dealkylation sites (tertiary alicyclic amines) is 1. The van der Waals surface area contributed by atoms with E-state index in [1.165, 1.54) is 38.5 Å². The number of piperazine rings is 1. The van der Waals surface area contributed by atoms with Crippen molar-refractivity contribution in [2.24, 2.45) is 4.99 Å². The summed E-state index contributed by atoms with van der Waals surface area (Å²) in [6.07, 6.45) is 10.2. The second-order valence-electron chi connectivity index (χ2n) is 8.99. The Hall–Kier alpha value is -0.610. The van der Waals surface area contributed by atoms with E-state index >= 15 is 0 Å². The molecule has 4 rings (SSSR count). The molecule has 1 N–H and O–H groups in total. The summed E-state index contributed by atoms with van der Waals surface area (Å²) in [5.41, 5.74) is 0.231. The summed E-state index contributed by atoms with van der Waals surface area (Å²) in [5, 5.41) is 3.66. The van der Waals surface area contributed by atoms with E-state index in [1.54, 1.807) is 0 Å². The fourth-order valence-corrected chi connectivity index (χ4v) is 5.42. The van der Waals surface area contributed by atoms with Crippen LogP contribution in [0.15, 0.2) is 4.99 Å². The van der Waals surface area contributed by atoms with Crippen LogP contribution in [0.25, 0.3) is 0 Å². The molecule has 2 aliphatic heterocycles. The van der Waals surface area contributed by atoms with E-state index in [0.29, 0.717) is 18.7 Å². The highest BCUT2D eigenvalue weighted by atomic mass is 127. The number of halogens is 1. The highest BCUT2D eigenvalue weighted by Crippen LogP contribution is 2.37. The van der Waals surface area contributed by atoms with Gasteiger partial charge >= 0.3 is 0 Å². The molecular weight excluding hydrogens is 481 g/mol. The number of carbonyl (C=O) groups excluding carboxylic acids is 1. The van der Waals surface area contributed by atoms with Crippen molar-refractivity contribution in [3.8, 4) is 0 Å². The summed E-state index contributed by atoms with van der Waals surface area (Å²) in [6.45, 7) is 5.35. The number of piperidine rings is 1. The molecule has 4 aliphatic rings. The van der Waals surface area contributed by atoms with E-state index in [2.05, 4.69) is 25.0 Å². The lowest BCUT2D eigenvalue weighted by Gasteiger charge is -2.46. The zero-order chi connectivity index (χ0) is 19.6. The van der Waals surface area contributed by atoms with Crippen molar-refractivity contribution in [3.05, 3.63) is 0 Å². The second kappa shape index (κ2) is 10.1. The maximum Gasteiger partial charge on any atom is 0.242 e. The Morgan fingerprint density at radius 3 is 2.38 bits per heavy atom. The summed E-state index contributed by atoms with van der Waals surface area (Å²) in [6, 6.07) is 0.515. The van der Waals surface area contributed by atoms with Crippen molar-refractivity contribution in [2.75, 3.05) is 53.4 Å². The van der Waals surface area contributed by atoms with Crippen LogP contribution in [-0.4, -0.2) is 97.7 Å². The third-order valence-electron chi connectivity index (χ3n) is 7.31. The van der Waals surface area contributed by atoms with Crippen LogP contribution < -0.4 is 5.32 Å². The van der Waals surface area contributed by atoms with Crippen molar-refractivity contribution in [1.29, 1.82) is 0 Å². The van der Waals surface area contributed by atoms with Gasteiger partial charge in [0, 0.05) is 58.5 Å². The number of amides is 1. The van der Waals surface area contributed by atoms with Gasteiger partial charge in [-0.25, -0.2) is 0 Å². The average Bonchev–Trinajstić information content (AvgIpc) is 3.46. The van der Waals surface area contributed by atoms with Crippen LogP contribution in [0, 0.1) is 0 Å². The molecule has 4 fully saturated rings. The van der Waals surface area contributed by atoms with E-state index in [1.807, 2.05) is 14.2 Å². The predicted octanol–water partition coefficient (Wildman–Crippen LogP) is 1.91. The number of ether oxygens (including phenoxy) is 1. The second-order valence-corrected chi connectivity index (χ2v) is 8.99. The minimum absolute atomic E-state index is 0. The molecule has 0 aromatic rings. The van der Waals surface area contributed by atoms with Gasteiger partial charge in [0.2, 0.25) is 5.91 Å². The summed E-state index contributed by atoms with van der Waals surface area (Å²) in [7, 11) is 3.67. The largest absolute Gasteiger partial charge is 0.381 e. The van der Waals surface area contributed by atoms with Crippen LogP contribution in [0.4, 0.5) is 0 Å². The Morgan fingerprint density at radius 1 is 1.14 bits per heavy atom. The summed E-state index contributed by atoms with van der Waals surface area (Å²) >= 11 is 0. The van der Waals surface area contributed by atoms with Gasteiger partial charge in [0.25, 0.3) is 0 Å². The Kier molecular flexibility index (Phi) is 8.06. The van der Waals surface area contributed by atoms with Gasteiger partial charge in [-0.3, -0.25) is 14.7 Å². The fourth-order valence-electron chi connectivity index (χ4n) is 5.42. The van der Waals surface area contributed by atoms with Gasteiger partial charge in [-0.2, -0.15) is 0 Å². The normalized spacial score (nSPS) is 26.6. The molecule has 166 valence electrons. The molecule has 0 unspecified atom stereocenters. The summed E-state index contributed by atoms with van der Waals surface area (Å²) < 4.78 is 5.57. The number of methoxy groups -OCH3 is 1. The Morgan fingerprint density at radius 2 is 1.83 bits per heavy atom. The molecule has 2 saturated carbocycles. The average molecular weight is 519 g/mol. The van der Waals surface area contributed by atoms with Gasteiger partial charge in [0.15, 0.2) is 5.96 Å². The molecule has 0 bridgehead atoms. The van der Waals surface area contributed by atoms with Crippen LogP contribution in [0.1, 0.15) is 51.4 Å². The van der Waals surface area contributed by atoms with Crippen LogP contribution in [-0.2, 0) is 9.53 Å². The van der Waals surface area contributed by atoms with Crippen molar-refractivity contribution in [2.45, 2.75) is 69.1 Å². The van der Waals surface area contributed by atoms with Crippen molar-refractivity contribution < 1.29 is 9.53 Å². The number of hydrogen-bond acceptors (Lipinski definition) is 4. The third-order valence-corrected chi connectivity index (χ3v) is 7.31. The lowest BCUT2D eigenvalue weighted by Crippen LogP contribution is -2.60. The standard InChI is InChI=1S/C21H37N5O2.HI/c1-22-20(24-13-14-26(17-5-6-17)19(27)15-24)23-16-21(9-3-4-10-21)25-11-7-18(28-2)8-12-25;/h17-18H,3-16H2,1-2H3,(H,22,23);1H. The van der Waals surface area contributed by atoms with Crippen molar-refractivity contribution in [1.82, 2.24) is 20.0 Å². The molecule has 2 heterocycles. The zero-order valence-electron chi connectivity index (χ0n) is 18.1. The van der Waals surface area contributed by atoms with E-state index < -0.39 is 0 Å². The van der Waals surface area contributed by atoms with E-state index in [-0.39, 0.29) is 35.4 Å². The highest BCUT2D eigenvalue weighted by Gasteiger charge is 2.42. The molecular formula is C21H38IN5O2. The molecule has 0 atom stereocenters. The van der Waals surface area contributed by atoms with Crippen LogP contribution in [0.3, 0.4) is 0 Å². The van der Waals surface area contributed by atoms with E-state index in [0.717, 1.165) is 51.5 Å². The Labute approximate surface area is 192 Å². The predicted molar refractivity (Wildman–Crippen MR) is 126 cm³/mol. The molecule has 8 heteroatoms. The van der Waals surface area contributed by atoms with Crippen LogP contribution >= 0.6 is 24.0 Å². The first-order valence-corrected chi connectivity index (χ1v) is 11.2. The van der Waals surface area contributed by atoms with Crippen LogP contribution in [0.2, 0.25) is 0 Å². The van der Waals surface area contributed by atoms with Gasteiger partial charge < -0.3 is 19.9 Å². The first kappa shape index (κ1) is 23.1. The first-order chi connectivity index (χ1) is 13.6. The van der Waals surface area contributed by atoms with Gasteiger partial charge in [-0.15, -0.1) is 24.0 Å². The van der Waals surface area contributed by atoms with Crippen molar-refractivity contribution in [3.63, 3.8) is 0 Å². The van der Waals surface area contributed by atoms with Gasteiger partial charge in [-0.05, 0) is 38.5 Å². The molecule has 0 aromatic heterocycles. The fraction of sp³-hybridized carbons (Fsp3) is 0.905. The molecule has 0 radical (unpaired) electrons. The lowest BCUT2D eigenvalue weighted by molar-refractivity contribution is -0.135. The summed E-state index contributed by atoms with van der Waals surface area (Å²) in [5.74, 6) is 1.15. The molecule has 2 saturated heterocycles. The number of nitrogens with one attached hydrogen (secondary N) is 1.